The van der Waals surface area contributed by atoms with Crippen LogP contribution in [0.3, 0.4) is 0 Å². The van der Waals surface area contributed by atoms with Crippen molar-refractivity contribution in [3.05, 3.63) is 212 Å². The zero-order valence-corrected chi connectivity index (χ0v) is 34.8. The number of rotatable bonds is 6. The Kier molecular flexibility index (Phi) is 8.02. The maximum atomic E-state index is 7.08. The van der Waals surface area contributed by atoms with Crippen molar-refractivity contribution >= 4 is 65.6 Å². The number of benzene rings is 9. The molecular formula is C58H37N5O. The molecule has 0 saturated carbocycles. The molecule has 0 amide bonds. The van der Waals surface area contributed by atoms with Crippen LogP contribution >= 0.6 is 0 Å². The van der Waals surface area contributed by atoms with Gasteiger partial charge in [-0.2, -0.15) is 0 Å². The van der Waals surface area contributed by atoms with Crippen molar-refractivity contribution in [2.75, 3.05) is 0 Å². The van der Waals surface area contributed by atoms with Gasteiger partial charge in [0.25, 0.3) is 0 Å². The minimum Gasteiger partial charge on any atom is -0.454 e. The van der Waals surface area contributed by atoms with Gasteiger partial charge < -0.3 is 13.6 Å². The molecular weight excluding hydrogens is 783 g/mol. The fourth-order valence-electron chi connectivity index (χ4n) is 9.79. The number of furan rings is 1. The van der Waals surface area contributed by atoms with E-state index in [0.717, 1.165) is 77.7 Å². The first kappa shape index (κ1) is 36.1. The first-order valence-electron chi connectivity index (χ1n) is 21.6. The van der Waals surface area contributed by atoms with Gasteiger partial charge in [-0.25, -0.2) is 15.0 Å². The third-order valence-electron chi connectivity index (χ3n) is 12.7. The van der Waals surface area contributed by atoms with Crippen molar-refractivity contribution in [1.82, 2.24) is 24.1 Å². The van der Waals surface area contributed by atoms with E-state index in [1.165, 1.54) is 32.6 Å². The monoisotopic (exact) mass is 819 g/mol. The molecule has 300 valence electrons. The molecule has 13 rings (SSSR count). The number of fused-ring (bicyclic) bond motifs is 9. The average Bonchev–Trinajstić information content (AvgIpc) is 4.01. The third-order valence-corrected chi connectivity index (χ3v) is 12.7. The van der Waals surface area contributed by atoms with E-state index in [1.807, 2.05) is 66.7 Å². The summed E-state index contributed by atoms with van der Waals surface area (Å²) in [6.45, 7) is 2.17. The van der Waals surface area contributed by atoms with Crippen molar-refractivity contribution in [1.29, 1.82) is 0 Å². The van der Waals surface area contributed by atoms with Gasteiger partial charge in [0, 0.05) is 54.7 Å². The molecule has 13 aromatic rings. The zero-order valence-electron chi connectivity index (χ0n) is 34.8. The molecule has 4 aromatic heterocycles. The lowest BCUT2D eigenvalue weighted by molar-refractivity contribution is 0.666. The number of hydrogen-bond donors (Lipinski definition) is 0. The number of para-hydroxylation sites is 3. The molecule has 0 radical (unpaired) electrons. The van der Waals surface area contributed by atoms with Crippen molar-refractivity contribution in [2.24, 2.45) is 0 Å². The normalized spacial score (nSPS) is 11.8. The molecule has 4 heterocycles. The Hall–Kier alpha value is -8.61. The van der Waals surface area contributed by atoms with Gasteiger partial charge in [0.1, 0.15) is 5.58 Å². The van der Waals surface area contributed by atoms with Crippen LogP contribution in [0.4, 0.5) is 0 Å². The summed E-state index contributed by atoms with van der Waals surface area (Å²) in [5, 5.41) is 6.71. The summed E-state index contributed by atoms with van der Waals surface area (Å²) in [6, 6.07) is 72.5. The molecule has 64 heavy (non-hydrogen) atoms. The minimum atomic E-state index is 0.595. The highest BCUT2D eigenvalue weighted by atomic mass is 16.3. The lowest BCUT2D eigenvalue weighted by atomic mass is 9.99. The molecule has 6 nitrogen and oxygen atoms in total. The minimum absolute atomic E-state index is 0.595. The maximum absolute atomic E-state index is 7.08. The third kappa shape index (κ3) is 5.56. The molecule has 9 aromatic carbocycles. The van der Waals surface area contributed by atoms with E-state index in [0.29, 0.717) is 17.5 Å². The van der Waals surface area contributed by atoms with Crippen LogP contribution in [-0.4, -0.2) is 24.1 Å². The Morgan fingerprint density at radius 3 is 1.61 bits per heavy atom. The van der Waals surface area contributed by atoms with Gasteiger partial charge in [-0.05, 0) is 78.2 Å². The summed E-state index contributed by atoms with van der Waals surface area (Å²) >= 11 is 0. The first-order chi connectivity index (χ1) is 31.7. The summed E-state index contributed by atoms with van der Waals surface area (Å²) in [7, 11) is 0. The number of aryl methyl sites for hydroxylation is 1. The first-order valence-corrected chi connectivity index (χ1v) is 21.6. The van der Waals surface area contributed by atoms with E-state index < -0.39 is 0 Å². The highest BCUT2D eigenvalue weighted by molar-refractivity contribution is 6.21. The van der Waals surface area contributed by atoms with Crippen LogP contribution in [0.25, 0.3) is 122 Å². The lowest BCUT2D eigenvalue weighted by Gasteiger charge is -2.15. The average molecular weight is 820 g/mol. The summed E-state index contributed by atoms with van der Waals surface area (Å²) < 4.78 is 11.9. The number of nitrogens with zero attached hydrogens (tertiary/aromatic N) is 5. The summed E-state index contributed by atoms with van der Waals surface area (Å²) in [6.07, 6.45) is 0. The van der Waals surface area contributed by atoms with Crippen molar-refractivity contribution < 1.29 is 4.42 Å². The molecule has 0 saturated heterocycles. The van der Waals surface area contributed by atoms with Gasteiger partial charge in [0.05, 0.1) is 27.8 Å². The van der Waals surface area contributed by atoms with E-state index >= 15 is 0 Å². The van der Waals surface area contributed by atoms with Gasteiger partial charge >= 0.3 is 0 Å². The van der Waals surface area contributed by atoms with Gasteiger partial charge in [-0.15, -0.1) is 0 Å². The van der Waals surface area contributed by atoms with Crippen LogP contribution < -0.4 is 0 Å². The highest BCUT2D eigenvalue weighted by Crippen LogP contribution is 2.46. The second-order valence-electron chi connectivity index (χ2n) is 16.4. The van der Waals surface area contributed by atoms with E-state index in [1.54, 1.807) is 0 Å². The predicted molar refractivity (Wildman–Crippen MR) is 262 cm³/mol. The molecule has 0 aliphatic rings. The topological polar surface area (TPSA) is 61.7 Å². The van der Waals surface area contributed by atoms with Crippen LogP contribution in [-0.2, 0) is 0 Å². The lowest BCUT2D eigenvalue weighted by Crippen LogP contribution is -2.03. The van der Waals surface area contributed by atoms with Crippen molar-refractivity contribution in [2.45, 2.75) is 6.92 Å². The molecule has 0 unspecified atom stereocenters. The van der Waals surface area contributed by atoms with E-state index in [4.69, 9.17) is 19.4 Å². The molecule has 0 aliphatic carbocycles. The molecule has 0 fully saturated rings. The Morgan fingerprint density at radius 2 is 0.906 bits per heavy atom. The molecule has 0 atom stereocenters. The van der Waals surface area contributed by atoms with Crippen molar-refractivity contribution in [3.8, 4) is 56.7 Å². The van der Waals surface area contributed by atoms with E-state index in [2.05, 4.69) is 156 Å². The Bertz CT molecular complexity index is 3890. The quantitative estimate of drug-likeness (QED) is 0.168. The summed E-state index contributed by atoms with van der Waals surface area (Å²) in [4.78, 5) is 15.5. The maximum Gasteiger partial charge on any atom is 0.165 e. The van der Waals surface area contributed by atoms with E-state index in [9.17, 15) is 0 Å². The molecule has 0 aliphatic heterocycles. The molecule has 0 N–H and O–H groups in total. The second kappa shape index (κ2) is 14.2. The number of hydrogen-bond acceptors (Lipinski definition) is 4. The van der Waals surface area contributed by atoms with Gasteiger partial charge in [0.2, 0.25) is 0 Å². The molecule has 6 heteroatoms. The van der Waals surface area contributed by atoms with Crippen LogP contribution in [0.5, 0.6) is 0 Å². The Balaban J connectivity index is 1.15. The van der Waals surface area contributed by atoms with Gasteiger partial charge in [-0.3, -0.25) is 0 Å². The molecule has 0 bridgehead atoms. The van der Waals surface area contributed by atoms with Crippen LogP contribution in [0.1, 0.15) is 5.56 Å². The summed E-state index contributed by atoms with van der Waals surface area (Å²) in [5.74, 6) is 1.82. The Labute approximate surface area is 368 Å². The second-order valence-corrected chi connectivity index (χ2v) is 16.4. The van der Waals surface area contributed by atoms with Crippen LogP contribution in [0.15, 0.2) is 211 Å². The summed E-state index contributed by atoms with van der Waals surface area (Å²) in [5.41, 5.74) is 14.2. The fourth-order valence-corrected chi connectivity index (χ4v) is 9.79. The van der Waals surface area contributed by atoms with Gasteiger partial charge in [0.15, 0.2) is 23.1 Å². The SMILES string of the molecule is Cc1cc(-n2c3ccc(-c4ccccc4)cc3c3cc4c5ccccc5n(-c5ccccc5)c4cc32)c2oc3ccccc3c2c1-c1nc(-c2ccccc2)nc(-c2ccccc2)n1. The smallest absolute Gasteiger partial charge is 0.165 e. The number of aromatic nitrogens is 5. The zero-order chi connectivity index (χ0) is 42.3. The van der Waals surface area contributed by atoms with Crippen LogP contribution in [0.2, 0.25) is 0 Å². The fraction of sp³-hybridized carbons (Fsp3) is 0.0172. The molecule has 0 spiro atoms. The van der Waals surface area contributed by atoms with E-state index in [-0.39, 0.29) is 0 Å². The highest BCUT2D eigenvalue weighted by Gasteiger charge is 2.26. The van der Waals surface area contributed by atoms with Crippen molar-refractivity contribution in [3.63, 3.8) is 0 Å². The largest absolute Gasteiger partial charge is 0.454 e. The Morgan fingerprint density at radius 1 is 0.375 bits per heavy atom. The van der Waals surface area contributed by atoms with Crippen LogP contribution in [0, 0.1) is 6.92 Å². The van der Waals surface area contributed by atoms with Gasteiger partial charge in [-0.1, -0.05) is 152 Å². The standard InChI is InChI=1S/C58H37N5O/c1-36-32-51(55-54(43-27-15-17-29-52(43)64-55)53(36)58-60-56(38-20-8-3-9-21-38)59-57(61-58)39-22-10-4-11-23-39)63-48-31-30-40(37-18-6-2-7-19-37)33-44(48)46-34-45-42-26-14-16-28-47(42)62(49(45)35-50(46)63)41-24-12-5-13-25-41/h2-35H,1H3. The predicted octanol–water partition coefficient (Wildman–Crippen LogP) is 14.9.